The van der Waals surface area contributed by atoms with Gasteiger partial charge in [-0.15, -0.1) is 0 Å². The highest BCUT2D eigenvalue weighted by molar-refractivity contribution is 7.49. The summed E-state index contributed by atoms with van der Waals surface area (Å²) < 4.78 is 32.8. The summed E-state index contributed by atoms with van der Waals surface area (Å²) in [5, 5.41) is 21.3. The van der Waals surface area contributed by atoms with Crippen LogP contribution in [0.2, 0.25) is 0 Å². The molecule has 0 aliphatic rings. The average Bonchev–Trinajstić information content (AvgIpc) is 2.43. The Morgan fingerprint density at radius 2 is 0.774 bits per heavy atom. The molecule has 0 aromatic heterocycles. The fraction of sp³-hybridized carbons (Fsp3) is 0.833. The van der Waals surface area contributed by atoms with Crippen molar-refractivity contribution in [2.45, 2.75) is 7.43 Å². The van der Waals surface area contributed by atoms with Crippen LogP contribution in [0.5, 0.6) is 0 Å². The number of carbonyl (C=O) groups excluding carboxylic acids is 2. The molecule has 0 N–H and O–H groups in total. The van der Waals surface area contributed by atoms with Gasteiger partial charge in [0.05, 0.1) is 11.9 Å². The van der Waals surface area contributed by atoms with Gasteiger partial charge in [0.2, 0.25) is 0 Å². The van der Waals surface area contributed by atoms with E-state index in [0.717, 1.165) is 4.90 Å². The average molecular weight is 509 g/mol. The molecule has 0 amide bonds. The number of hydrogen-bond donors (Lipinski definition) is 0. The van der Waals surface area contributed by atoms with E-state index in [-0.39, 0.29) is 7.43 Å². The number of nitrogens with zero attached hydrogens (tertiary/aromatic N) is 3. The van der Waals surface area contributed by atoms with E-state index in [1.165, 1.54) is 0 Å². The van der Waals surface area contributed by atoms with Crippen LogP contribution in [0.3, 0.4) is 0 Å². The van der Waals surface area contributed by atoms with Crippen LogP contribution in [0.15, 0.2) is 0 Å². The number of carbonyl (C=O) groups is 2. The van der Waals surface area contributed by atoms with Crippen LogP contribution >= 0.6 is 22.8 Å². The predicted octanol–water partition coefficient (Wildman–Crippen LogP) is -8.36. The standard InChI is InChI=1S/C11H26N3O13P3.CH4/c15-10(16)5-13(8-29(22,23)24)3-1-12(7-28(19,20)21)2-4-14(6-11(17)18)9-30(25,26)27;/h1-9H2,(H,15,16)(H,17,18)(H2,19,20,21)(H2,22,23,24)(H2,25,26,27);1H4/p-8. The number of aliphatic carboxylic acids is 2. The van der Waals surface area contributed by atoms with E-state index in [4.69, 9.17) is 0 Å². The van der Waals surface area contributed by atoms with E-state index < -0.39 is 92.9 Å². The molecule has 186 valence electrons. The van der Waals surface area contributed by atoms with Gasteiger partial charge in [-0.1, -0.05) is 30.2 Å². The largest absolute Gasteiger partial charge is 0.810 e. The van der Waals surface area contributed by atoms with Crippen molar-refractivity contribution in [1.29, 1.82) is 0 Å². The summed E-state index contributed by atoms with van der Waals surface area (Å²) in [6.45, 7) is -4.00. The smallest absolute Gasteiger partial charge is 0.0555 e. The van der Waals surface area contributed by atoms with Gasteiger partial charge in [0.15, 0.2) is 0 Å². The third kappa shape index (κ3) is 20.9. The van der Waals surface area contributed by atoms with Gasteiger partial charge in [-0.05, 0) is 0 Å². The Kier molecular flexibility index (Phi) is 14.4. The van der Waals surface area contributed by atoms with Crippen molar-refractivity contribution in [2.24, 2.45) is 0 Å². The second kappa shape index (κ2) is 13.7. The topological polar surface area (TPSA) is 280 Å². The number of carboxylic acids is 2. The van der Waals surface area contributed by atoms with Gasteiger partial charge in [-0.3, -0.25) is 14.7 Å². The second-order valence-corrected chi connectivity index (χ2v) is 10.7. The maximum Gasteiger partial charge on any atom is 0.0555 e. The van der Waals surface area contributed by atoms with Gasteiger partial charge in [0.25, 0.3) is 0 Å². The summed E-state index contributed by atoms with van der Waals surface area (Å²) >= 11 is 0. The van der Waals surface area contributed by atoms with E-state index in [1.54, 1.807) is 0 Å². The third-order valence-electron chi connectivity index (χ3n) is 3.29. The first-order valence-corrected chi connectivity index (χ1v) is 13.1. The molecule has 0 aromatic rings. The summed E-state index contributed by atoms with van der Waals surface area (Å²) in [7, 11) is -15.6. The fourth-order valence-electron chi connectivity index (χ4n) is 2.32. The van der Waals surface area contributed by atoms with Crippen molar-refractivity contribution in [2.75, 3.05) is 58.1 Å². The van der Waals surface area contributed by atoms with Gasteiger partial charge in [0.1, 0.15) is 0 Å². The molecule has 0 fully saturated rings. The lowest BCUT2D eigenvalue weighted by atomic mass is 10.4. The van der Waals surface area contributed by atoms with Crippen LogP contribution in [0.25, 0.3) is 0 Å². The quantitative estimate of drug-likeness (QED) is 0.175. The fourth-order valence-corrected chi connectivity index (χ4v) is 4.55. The maximum atomic E-state index is 11.1. The molecule has 0 aliphatic carbocycles. The monoisotopic (exact) mass is 509 g/mol. The maximum absolute atomic E-state index is 11.1. The highest BCUT2D eigenvalue weighted by atomic mass is 31.2. The normalized spacial score (nSPS) is 12.9. The highest BCUT2D eigenvalue weighted by Gasteiger charge is 2.15. The molecule has 19 heteroatoms. The van der Waals surface area contributed by atoms with Crippen molar-refractivity contribution >= 4 is 34.7 Å². The van der Waals surface area contributed by atoms with Gasteiger partial charge in [0, 0.05) is 58.1 Å². The zero-order valence-electron chi connectivity index (χ0n) is 15.4. The van der Waals surface area contributed by atoms with Crippen molar-refractivity contribution in [3.05, 3.63) is 0 Å². The molecule has 16 nitrogen and oxygen atoms in total. The molecule has 31 heavy (non-hydrogen) atoms. The molecule has 0 spiro atoms. The first-order valence-electron chi connectivity index (χ1n) is 7.96. The van der Waals surface area contributed by atoms with Gasteiger partial charge < -0.3 is 62.9 Å². The molecule has 0 rings (SSSR count). The minimum atomic E-state index is -5.20. The Bertz CT molecular complexity index is 670. The Labute approximate surface area is 178 Å². The molecular formula is C12H22N3O13P3-8. The van der Waals surface area contributed by atoms with Crippen LogP contribution in [0.1, 0.15) is 7.43 Å². The van der Waals surface area contributed by atoms with Crippen LogP contribution in [-0.2, 0) is 23.3 Å². The lowest BCUT2D eigenvalue weighted by Crippen LogP contribution is -2.47. The number of carboxylic acid groups (broad SMARTS) is 2. The molecule has 0 bridgehead atoms. The zero-order chi connectivity index (χ0) is 23.8. The Balaban J connectivity index is 0. The summed E-state index contributed by atoms with van der Waals surface area (Å²) in [6.07, 6.45) is -3.62. The number of rotatable bonds is 16. The first kappa shape index (κ1) is 32.4. The summed E-state index contributed by atoms with van der Waals surface area (Å²) in [4.78, 5) is 88.9. The molecule has 0 unspecified atom stereocenters. The molecule has 0 aromatic carbocycles. The Hall–Kier alpha value is -0.730. The summed E-state index contributed by atoms with van der Waals surface area (Å²) in [5.41, 5.74) is 0. The lowest BCUT2D eigenvalue weighted by Gasteiger charge is -2.40. The van der Waals surface area contributed by atoms with Crippen molar-refractivity contribution in [1.82, 2.24) is 14.7 Å². The second-order valence-electron chi connectivity index (χ2n) is 6.22. The molecule has 0 saturated carbocycles. The SMILES string of the molecule is C.O=C([O-])CN(CCN(CCN(CC(=O)[O-])CP(=O)([O-])[O-])CP(=O)([O-])[O-])CP(=O)([O-])[O-]. The van der Waals surface area contributed by atoms with Crippen molar-refractivity contribution in [3.8, 4) is 0 Å². The first-order chi connectivity index (χ1) is 13.4. The van der Waals surface area contributed by atoms with Gasteiger partial charge in [-0.2, -0.15) is 0 Å². The van der Waals surface area contributed by atoms with Crippen LogP contribution in [-0.4, -0.2) is 84.8 Å². The lowest BCUT2D eigenvalue weighted by molar-refractivity contribution is -0.319. The van der Waals surface area contributed by atoms with E-state index in [1.807, 2.05) is 0 Å². The van der Waals surface area contributed by atoms with Gasteiger partial charge >= 0.3 is 0 Å². The van der Waals surface area contributed by atoms with E-state index in [2.05, 4.69) is 0 Å². The van der Waals surface area contributed by atoms with Crippen molar-refractivity contribution in [3.63, 3.8) is 0 Å². The molecule has 0 atom stereocenters. The van der Waals surface area contributed by atoms with E-state index >= 15 is 0 Å². The number of hydrogen-bond acceptors (Lipinski definition) is 16. The van der Waals surface area contributed by atoms with Crippen LogP contribution in [0, 0.1) is 0 Å². The molecule has 0 radical (unpaired) electrons. The molecule has 0 saturated heterocycles. The predicted molar refractivity (Wildman–Crippen MR) is 88.9 cm³/mol. The molecule has 0 heterocycles. The highest BCUT2D eigenvalue weighted by Crippen LogP contribution is 2.27. The van der Waals surface area contributed by atoms with E-state index in [9.17, 15) is 62.9 Å². The van der Waals surface area contributed by atoms with Gasteiger partial charge in [-0.25, -0.2) is 0 Å². The minimum Gasteiger partial charge on any atom is -0.810 e. The van der Waals surface area contributed by atoms with E-state index in [0.29, 0.717) is 9.80 Å². The van der Waals surface area contributed by atoms with Crippen LogP contribution < -0.4 is 39.6 Å². The van der Waals surface area contributed by atoms with Crippen molar-refractivity contribution < 1.29 is 62.9 Å². The third-order valence-corrected chi connectivity index (χ3v) is 5.53. The Morgan fingerprint density at radius 1 is 0.548 bits per heavy atom. The Morgan fingerprint density at radius 3 is 1.00 bits per heavy atom. The molecular weight excluding hydrogens is 487 g/mol. The summed E-state index contributed by atoms with van der Waals surface area (Å²) in [5.74, 6) is -3.48. The molecule has 0 aliphatic heterocycles. The van der Waals surface area contributed by atoms with Crippen LogP contribution in [0.4, 0.5) is 0 Å². The zero-order valence-corrected chi connectivity index (χ0v) is 18.0. The minimum absolute atomic E-state index is 0. The summed E-state index contributed by atoms with van der Waals surface area (Å²) in [6, 6.07) is 0.